The molecule has 0 aliphatic carbocycles. The third-order valence-corrected chi connectivity index (χ3v) is 6.90. The van der Waals surface area contributed by atoms with Gasteiger partial charge >= 0.3 is 0 Å². The van der Waals surface area contributed by atoms with E-state index >= 15 is 0 Å². The second kappa shape index (κ2) is 6.02. The van der Waals surface area contributed by atoms with Crippen molar-refractivity contribution in [2.24, 2.45) is 5.41 Å². The lowest BCUT2D eigenvalue weighted by Gasteiger charge is -2.23. The lowest BCUT2D eigenvalue weighted by Crippen LogP contribution is -2.33. The first-order valence-electron chi connectivity index (χ1n) is 7.64. The van der Waals surface area contributed by atoms with Crippen LogP contribution in [0.5, 0.6) is 0 Å². The molecule has 5 nitrogen and oxygen atoms in total. The maximum atomic E-state index is 13.1. The van der Waals surface area contributed by atoms with Crippen molar-refractivity contribution >= 4 is 33.2 Å². The van der Waals surface area contributed by atoms with Gasteiger partial charge in [-0.3, -0.25) is 4.98 Å². The molecule has 2 aliphatic rings. The maximum absolute atomic E-state index is 13.1. The van der Waals surface area contributed by atoms with Gasteiger partial charge in [0, 0.05) is 42.8 Å². The van der Waals surface area contributed by atoms with E-state index in [1.54, 1.807) is 34.9 Å². The summed E-state index contributed by atoms with van der Waals surface area (Å²) >= 11 is 0. The van der Waals surface area contributed by atoms with Crippen LogP contribution in [0.3, 0.4) is 0 Å². The normalized spacial score (nSPS) is 25.0. The van der Waals surface area contributed by atoms with Crippen LogP contribution < -0.4 is 5.32 Å². The van der Waals surface area contributed by atoms with E-state index in [-0.39, 0.29) is 17.8 Å². The molecule has 3 heterocycles. The smallest absolute Gasteiger partial charge is 0.243 e. The quantitative estimate of drug-likeness (QED) is 0.897. The van der Waals surface area contributed by atoms with E-state index in [1.807, 2.05) is 6.07 Å². The molecule has 1 spiro atoms. The Bertz CT molecular complexity index is 814. The first-order valence-corrected chi connectivity index (χ1v) is 9.08. The van der Waals surface area contributed by atoms with Gasteiger partial charge in [0.25, 0.3) is 0 Å². The van der Waals surface area contributed by atoms with Crippen molar-refractivity contribution in [3.8, 4) is 0 Å². The first kappa shape index (κ1) is 16.6. The summed E-state index contributed by atoms with van der Waals surface area (Å²) in [4.78, 5) is 4.47. The van der Waals surface area contributed by atoms with Gasteiger partial charge in [-0.1, -0.05) is 12.1 Å². The van der Waals surface area contributed by atoms with Crippen LogP contribution in [0.25, 0.3) is 10.8 Å². The van der Waals surface area contributed by atoms with E-state index in [9.17, 15) is 8.42 Å². The standard InChI is InChI=1S/C16H19N3O2S.ClH/c20-22(21,19-9-6-16(12-19)5-8-18-11-16)15-3-1-2-13-10-17-7-4-14(13)15;/h1-4,7,10,18H,5-6,8-9,11-12H2;1H. The van der Waals surface area contributed by atoms with Crippen LogP contribution in [-0.4, -0.2) is 43.9 Å². The Morgan fingerprint density at radius 3 is 2.87 bits per heavy atom. The van der Waals surface area contributed by atoms with Gasteiger partial charge < -0.3 is 5.32 Å². The summed E-state index contributed by atoms with van der Waals surface area (Å²) in [6.07, 6.45) is 5.37. The molecule has 0 amide bonds. The number of nitrogens with zero attached hydrogens (tertiary/aromatic N) is 2. The summed E-state index contributed by atoms with van der Waals surface area (Å²) in [5.41, 5.74) is 0.138. The predicted octanol–water partition coefficient (Wildman–Crippen LogP) is 2.03. The number of benzene rings is 1. The Morgan fingerprint density at radius 1 is 1.22 bits per heavy atom. The Hall–Kier alpha value is -1.21. The number of pyridine rings is 1. The predicted molar refractivity (Wildman–Crippen MR) is 92.3 cm³/mol. The van der Waals surface area contributed by atoms with Crippen LogP contribution in [0.2, 0.25) is 0 Å². The molecule has 1 N–H and O–H groups in total. The van der Waals surface area contributed by atoms with Gasteiger partial charge in [0.05, 0.1) is 4.90 Å². The van der Waals surface area contributed by atoms with Crippen molar-refractivity contribution in [2.45, 2.75) is 17.7 Å². The molecule has 1 unspecified atom stereocenters. The van der Waals surface area contributed by atoms with Crippen LogP contribution in [0.4, 0.5) is 0 Å². The van der Waals surface area contributed by atoms with Crippen molar-refractivity contribution in [1.29, 1.82) is 0 Å². The highest BCUT2D eigenvalue weighted by atomic mass is 35.5. The molecule has 23 heavy (non-hydrogen) atoms. The highest BCUT2D eigenvalue weighted by Gasteiger charge is 2.44. The largest absolute Gasteiger partial charge is 0.316 e. The Balaban J connectivity index is 0.00000156. The van der Waals surface area contributed by atoms with Crippen LogP contribution in [-0.2, 0) is 10.0 Å². The third-order valence-electron chi connectivity index (χ3n) is 4.99. The topological polar surface area (TPSA) is 62.3 Å². The molecule has 2 aromatic rings. The van der Waals surface area contributed by atoms with Crippen LogP contribution >= 0.6 is 12.4 Å². The summed E-state index contributed by atoms with van der Waals surface area (Å²) in [5, 5.41) is 4.98. The third kappa shape index (κ3) is 2.74. The Labute approximate surface area is 142 Å². The lowest BCUT2D eigenvalue weighted by atomic mass is 9.87. The lowest BCUT2D eigenvalue weighted by molar-refractivity contribution is 0.338. The van der Waals surface area contributed by atoms with Crippen molar-refractivity contribution < 1.29 is 8.42 Å². The summed E-state index contributed by atoms with van der Waals surface area (Å²) < 4.78 is 27.8. The van der Waals surface area contributed by atoms with Crippen molar-refractivity contribution in [3.05, 3.63) is 36.7 Å². The van der Waals surface area contributed by atoms with E-state index in [1.165, 1.54) is 0 Å². The van der Waals surface area contributed by atoms with Gasteiger partial charge in [-0.2, -0.15) is 4.31 Å². The minimum Gasteiger partial charge on any atom is -0.316 e. The molecule has 124 valence electrons. The van der Waals surface area contributed by atoms with Gasteiger partial charge in [-0.25, -0.2) is 8.42 Å². The highest BCUT2D eigenvalue weighted by molar-refractivity contribution is 7.89. The SMILES string of the molecule is Cl.O=S(=O)(c1cccc2cnccc12)N1CCC2(CCNC2)C1. The molecule has 0 radical (unpaired) electrons. The number of fused-ring (bicyclic) bond motifs is 1. The number of rotatable bonds is 2. The van der Waals surface area contributed by atoms with Crippen LogP contribution in [0.15, 0.2) is 41.6 Å². The molecular formula is C16H20ClN3O2S. The molecule has 1 atom stereocenters. The van der Waals surface area contributed by atoms with E-state index in [0.717, 1.165) is 36.7 Å². The molecule has 4 rings (SSSR count). The van der Waals surface area contributed by atoms with Crippen LogP contribution in [0, 0.1) is 5.41 Å². The van der Waals surface area contributed by atoms with Crippen molar-refractivity contribution in [2.75, 3.05) is 26.2 Å². The summed E-state index contributed by atoms with van der Waals surface area (Å²) in [7, 11) is -3.45. The van der Waals surface area contributed by atoms with E-state index in [2.05, 4.69) is 10.3 Å². The zero-order valence-corrected chi connectivity index (χ0v) is 14.4. The van der Waals surface area contributed by atoms with Gasteiger partial charge in [0.1, 0.15) is 0 Å². The van der Waals surface area contributed by atoms with Crippen molar-refractivity contribution in [3.63, 3.8) is 0 Å². The number of hydrogen-bond acceptors (Lipinski definition) is 4. The van der Waals surface area contributed by atoms with Gasteiger partial charge in [0.2, 0.25) is 10.0 Å². The monoisotopic (exact) mass is 353 g/mol. The average Bonchev–Trinajstić information content (AvgIpc) is 3.17. The fourth-order valence-corrected chi connectivity index (χ4v) is 5.47. The molecule has 1 aromatic carbocycles. The average molecular weight is 354 g/mol. The van der Waals surface area contributed by atoms with E-state index < -0.39 is 10.0 Å². The zero-order chi connectivity index (χ0) is 15.2. The molecule has 2 aliphatic heterocycles. The van der Waals surface area contributed by atoms with Crippen LogP contribution in [0.1, 0.15) is 12.8 Å². The minimum atomic E-state index is -3.45. The van der Waals surface area contributed by atoms with E-state index in [0.29, 0.717) is 18.0 Å². The molecule has 2 fully saturated rings. The fraction of sp³-hybridized carbons (Fsp3) is 0.438. The zero-order valence-electron chi connectivity index (χ0n) is 12.7. The molecule has 7 heteroatoms. The number of sulfonamides is 1. The second-order valence-corrected chi connectivity index (χ2v) is 8.27. The number of hydrogen-bond donors (Lipinski definition) is 1. The Kier molecular flexibility index (Phi) is 4.35. The molecule has 0 bridgehead atoms. The second-order valence-electron chi connectivity index (χ2n) is 6.37. The summed E-state index contributed by atoms with van der Waals surface area (Å²) in [5.74, 6) is 0. The number of nitrogens with one attached hydrogen (secondary N) is 1. The van der Waals surface area contributed by atoms with Gasteiger partial charge in [-0.05, 0) is 36.9 Å². The number of aromatic nitrogens is 1. The molecule has 1 aromatic heterocycles. The number of halogens is 1. The van der Waals surface area contributed by atoms with Gasteiger partial charge in [0.15, 0.2) is 0 Å². The summed E-state index contributed by atoms with van der Waals surface area (Å²) in [6, 6.07) is 7.17. The fourth-order valence-electron chi connectivity index (χ4n) is 3.70. The maximum Gasteiger partial charge on any atom is 0.243 e. The minimum absolute atomic E-state index is 0. The van der Waals surface area contributed by atoms with Gasteiger partial charge in [-0.15, -0.1) is 12.4 Å². The molecule has 2 saturated heterocycles. The molecule has 0 saturated carbocycles. The molecular weight excluding hydrogens is 334 g/mol. The van der Waals surface area contributed by atoms with E-state index in [4.69, 9.17) is 0 Å². The first-order chi connectivity index (χ1) is 10.6. The highest BCUT2D eigenvalue weighted by Crippen LogP contribution is 2.39. The Morgan fingerprint density at radius 2 is 2.09 bits per heavy atom. The van der Waals surface area contributed by atoms with Crippen molar-refractivity contribution in [1.82, 2.24) is 14.6 Å². The summed E-state index contributed by atoms with van der Waals surface area (Å²) in [6.45, 7) is 3.17.